The lowest BCUT2D eigenvalue weighted by atomic mass is 10.1. The molecule has 0 amide bonds. The van der Waals surface area contributed by atoms with E-state index < -0.39 is 0 Å². The first-order valence-electron chi connectivity index (χ1n) is 5.61. The molecule has 0 aliphatic rings. The first-order chi connectivity index (χ1) is 7.53. The maximum atomic E-state index is 8.35. The van der Waals surface area contributed by atoms with Crippen LogP contribution in [0.5, 0.6) is 0 Å². The van der Waals surface area contributed by atoms with Gasteiger partial charge in [0.05, 0.1) is 0 Å². The summed E-state index contributed by atoms with van der Waals surface area (Å²) in [5.41, 5.74) is 0. The van der Waals surface area contributed by atoms with Crippen LogP contribution in [0.1, 0.15) is 55.1 Å². The van der Waals surface area contributed by atoms with E-state index in [1.807, 2.05) is 13.8 Å². The molecule has 0 spiro atoms. The summed E-state index contributed by atoms with van der Waals surface area (Å²) < 4.78 is 14.8. The Bertz CT molecular complexity index is 179. The molecule has 0 radical (unpaired) electrons. The van der Waals surface area contributed by atoms with Gasteiger partial charge in [0.15, 0.2) is 0 Å². The summed E-state index contributed by atoms with van der Waals surface area (Å²) >= 11 is 0. The molecule has 0 saturated carbocycles. The fourth-order valence-electron chi connectivity index (χ4n) is 0.644. The number of hydrogen-bond acceptors (Lipinski definition) is 4. The molecule has 0 aromatic heterocycles. The molecule has 0 heterocycles. The molecule has 0 bridgehead atoms. The Kier molecular flexibility index (Phi) is 27.2. The van der Waals surface area contributed by atoms with Crippen molar-refractivity contribution in [2.24, 2.45) is 0 Å². The van der Waals surface area contributed by atoms with Gasteiger partial charge in [-0.15, -0.1) is 0 Å². The van der Waals surface area contributed by atoms with Crippen LogP contribution in [0.25, 0.3) is 0 Å². The lowest BCUT2D eigenvalue weighted by Crippen LogP contribution is -1.73. The maximum Gasteiger partial charge on any atom is 0.231 e. The maximum absolute atomic E-state index is 8.35. The minimum Gasteiger partial charge on any atom is -0.222 e. The predicted octanol–water partition coefficient (Wildman–Crippen LogP) is 3.17. The molecule has 2 unspecified atom stereocenters. The average molecular weight is 202 g/mol. The second kappa shape index (κ2) is 29.8. The average Bonchev–Trinajstić information content (AvgIpc) is 2.27. The summed E-state index contributed by atoms with van der Waals surface area (Å²) in [5, 5.41) is 10.8. The SMILES string of the molecule is N=C=O.N=C=O.[2H]C(CC)CCC([2H])CC. The number of rotatable bonds is 5. The van der Waals surface area contributed by atoms with Crippen LogP contribution < -0.4 is 0 Å². The lowest BCUT2D eigenvalue weighted by Gasteiger charge is -1.93. The number of isocyanates is 2. The summed E-state index contributed by atoms with van der Waals surface area (Å²) in [4.78, 5) is 16.7. The van der Waals surface area contributed by atoms with Crippen molar-refractivity contribution in [2.45, 2.75) is 52.3 Å². The number of nitrogens with one attached hydrogen (secondary N) is 2. The molecule has 4 heteroatoms. The van der Waals surface area contributed by atoms with Crippen molar-refractivity contribution in [2.75, 3.05) is 0 Å². The van der Waals surface area contributed by atoms with E-state index in [2.05, 4.69) is 0 Å². The molecule has 0 rings (SSSR count). The summed E-state index contributed by atoms with van der Waals surface area (Å²) in [6, 6.07) is 0. The Labute approximate surface area is 88.5 Å². The Morgan fingerprint density at radius 3 is 1.36 bits per heavy atom. The first kappa shape index (κ1) is 12.8. The third-order valence-corrected chi connectivity index (χ3v) is 1.15. The second-order valence-electron chi connectivity index (χ2n) is 2.18. The molecule has 0 aromatic rings. The molecular formula is C10H20N2O2. The molecule has 0 aliphatic carbocycles. The van der Waals surface area contributed by atoms with Gasteiger partial charge in [0.25, 0.3) is 0 Å². The Morgan fingerprint density at radius 2 is 1.21 bits per heavy atom. The topological polar surface area (TPSA) is 81.8 Å². The molecular weight excluding hydrogens is 180 g/mol. The van der Waals surface area contributed by atoms with Crippen molar-refractivity contribution >= 4 is 12.2 Å². The Morgan fingerprint density at radius 1 is 1.00 bits per heavy atom. The van der Waals surface area contributed by atoms with Gasteiger partial charge in [-0.3, -0.25) is 0 Å². The lowest BCUT2D eigenvalue weighted by molar-refractivity contribution is 0.562. The fourth-order valence-corrected chi connectivity index (χ4v) is 0.644. The molecule has 0 saturated heterocycles. The molecule has 4 nitrogen and oxygen atoms in total. The smallest absolute Gasteiger partial charge is 0.222 e. The van der Waals surface area contributed by atoms with Gasteiger partial charge in [-0.25, -0.2) is 20.4 Å². The van der Waals surface area contributed by atoms with Crippen molar-refractivity contribution in [1.82, 2.24) is 0 Å². The summed E-state index contributed by atoms with van der Waals surface area (Å²) in [6.07, 6.45) is 5.29. The monoisotopic (exact) mass is 202 g/mol. The molecule has 2 atom stereocenters. The van der Waals surface area contributed by atoms with E-state index in [1.165, 1.54) is 0 Å². The van der Waals surface area contributed by atoms with Gasteiger partial charge in [-0.2, -0.15) is 0 Å². The number of hydrogen-bond donors (Lipinski definition) is 2. The standard InChI is InChI=1S/C8H18.2CHNO/c1-3-5-7-8-6-4-2;2*2-1-3/h3-8H2,1-2H3;2*2H/i5D,6D;;. The van der Waals surface area contributed by atoms with E-state index in [1.54, 1.807) is 0 Å². The minimum absolute atomic E-state index is 0.0689. The van der Waals surface area contributed by atoms with E-state index in [4.69, 9.17) is 23.1 Å². The minimum atomic E-state index is 0.0689. The molecule has 0 aromatic carbocycles. The van der Waals surface area contributed by atoms with E-state index in [-0.39, 0.29) is 12.8 Å². The molecule has 0 aliphatic heterocycles. The zero-order valence-electron chi connectivity index (χ0n) is 10.8. The van der Waals surface area contributed by atoms with Crippen molar-refractivity contribution in [1.29, 1.82) is 10.8 Å². The highest BCUT2D eigenvalue weighted by atomic mass is 16.1. The van der Waals surface area contributed by atoms with Crippen LogP contribution in [0.3, 0.4) is 0 Å². The third-order valence-electron chi connectivity index (χ3n) is 1.15. The molecule has 2 N–H and O–H groups in total. The van der Waals surface area contributed by atoms with Gasteiger partial charge in [0, 0.05) is 2.74 Å². The van der Waals surface area contributed by atoms with Gasteiger partial charge in [0.1, 0.15) is 0 Å². The van der Waals surface area contributed by atoms with Gasteiger partial charge in [-0.1, -0.05) is 52.3 Å². The highest BCUT2D eigenvalue weighted by molar-refractivity contribution is 5.26. The zero-order chi connectivity index (χ0) is 13.4. The second-order valence-corrected chi connectivity index (χ2v) is 2.18. The number of carbonyl (C=O) groups excluding carboxylic acids is 2. The van der Waals surface area contributed by atoms with Gasteiger partial charge in [0.2, 0.25) is 12.2 Å². The van der Waals surface area contributed by atoms with Crippen molar-refractivity contribution in [3.05, 3.63) is 0 Å². The predicted molar refractivity (Wildman–Crippen MR) is 55.9 cm³/mol. The van der Waals surface area contributed by atoms with Crippen LogP contribution in [0.15, 0.2) is 0 Å². The van der Waals surface area contributed by atoms with Crippen LogP contribution in [0.4, 0.5) is 0 Å². The third kappa shape index (κ3) is 72.5. The molecule has 0 fully saturated rings. The van der Waals surface area contributed by atoms with Crippen LogP contribution in [-0.4, -0.2) is 12.2 Å². The van der Waals surface area contributed by atoms with Crippen molar-refractivity contribution < 1.29 is 12.3 Å². The van der Waals surface area contributed by atoms with E-state index in [0.29, 0.717) is 0 Å². The van der Waals surface area contributed by atoms with Crippen LogP contribution in [0.2, 0.25) is 0 Å². The van der Waals surface area contributed by atoms with E-state index >= 15 is 0 Å². The van der Waals surface area contributed by atoms with Crippen LogP contribution in [0, 0.1) is 10.8 Å². The summed E-state index contributed by atoms with van der Waals surface area (Å²) in [7, 11) is 0. The van der Waals surface area contributed by atoms with Gasteiger partial charge < -0.3 is 0 Å². The fraction of sp³-hybridized carbons (Fsp3) is 0.800. The zero-order valence-corrected chi connectivity index (χ0v) is 8.80. The highest BCUT2D eigenvalue weighted by Crippen LogP contribution is 2.03. The van der Waals surface area contributed by atoms with Crippen LogP contribution in [-0.2, 0) is 9.59 Å². The normalized spacial score (nSPS) is 13.3. The summed E-state index contributed by atoms with van der Waals surface area (Å²) in [6.45, 7) is 4.06. The first-order valence-corrected chi connectivity index (χ1v) is 4.46. The van der Waals surface area contributed by atoms with E-state index in [0.717, 1.165) is 37.8 Å². The largest absolute Gasteiger partial charge is 0.231 e. The van der Waals surface area contributed by atoms with Gasteiger partial charge in [-0.05, 0) is 0 Å². The van der Waals surface area contributed by atoms with Crippen molar-refractivity contribution in [3.8, 4) is 0 Å². The molecule has 14 heavy (non-hydrogen) atoms. The quantitative estimate of drug-likeness (QED) is 0.530. The molecule has 82 valence electrons. The highest BCUT2D eigenvalue weighted by Gasteiger charge is 1.83. The van der Waals surface area contributed by atoms with Gasteiger partial charge >= 0.3 is 0 Å². The Balaban J connectivity index is -0.000000235. The Hall–Kier alpha value is -1.24. The summed E-state index contributed by atoms with van der Waals surface area (Å²) in [5.74, 6) is 0. The van der Waals surface area contributed by atoms with Crippen LogP contribution >= 0.6 is 0 Å². The van der Waals surface area contributed by atoms with E-state index in [9.17, 15) is 0 Å². The van der Waals surface area contributed by atoms with Crippen molar-refractivity contribution in [3.63, 3.8) is 0 Å².